The molecule has 2 aromatic carbocycles. The van der Waals surface area contributed by atoms with Crippen LogP contribution in [0.4, 0.5) is 5.69 Å². The number of sulfonamides is 1. The third-order valence-corrected chi connectivity index (χ3v) is 8.70. The minimum absolute atomic E-state index is 0.0383. The van der Waals surface area contributed by atoms with E-state index in [1.807, 2.05) is 42.5 Å². The van der Waals surface area contributed by atoms with E-state index in [0.29, 0.717) is 30.1 Å². The second-order valence-electron chi connectivity index (χ2n) is 7.42. The predicted molar refractivity (Wildman–Crippen MR) is 120 cm³/mol. The maximum atomic E-state index is 12.9. The van der Waals surface area contributed by atoms with Crippen molar-refractivity contribution in [2.45, 2.75) is 23.5 Å². The SMILES string of the molecule is O=C(Nc1ccccc1Cc1ccccc1)C1CCN(S(=O)(=O)c2cccs2)CC1. The normalized spacial score (nSPS) is 15.7. The van der Waals surface area contributed by atoms with Gasteiger partial charge in [-0.3, -0.25) is 4.79 Å². The van der Waals surface area contributed by atoms with Gasteiger partial charge in [-0.15, -0.1) is 11.3 Å². The highest BCUT2D eigenvalue weighted by atomic mass is 32.2. The summed E-state index contributed by atoms with van der Waals surface area (Å²) in [6.07, 6.45) is 1.80. The standard InChI is InChI=1S/C23H24N2O3S2/c26-23(19-12-14-25(15-13-19)30(27,28)22-11-6-16-29-22)24-21-10-5-4-9-20(21)17-18-7-2-1-3-8-18/h1-11,16,19H,12-15,17H2,(H,24,26). The Balaban J connectivity index is 1.39. The molecular formula is C23H24N2O3S2. The van der Waals surface area contributed by atoms with Gasteiger partial charge in [0, 0.05) is 24.7 Å². The summed E-state index contributed by atoms with van der Waals surface area (Å²) in [6, 6.07) is 21.4. The number of nitrogens with one attached hydrogen (secondary N) is 1. The Morgan fingerprint density at radius 1 is 0.967 bits per heavy atom. The topological polar surface area (TPSA) is 66.5 Å². The van der Waals surface area contributed by atoms with E-state index in [1.54, 1.807) is 17.5 Å². The number of thiophene rings is 1. The van der Waals surface area contributed by atoms with Crippen LogP contribution in [0.3, 0.4) is 0 Å². The number of para-hydroxylation sites is 1. The van der Waals surface area contributed by atoms with Gasteiger partial charge in [-0.1, -0.05) is 54.6 Å². The summed E-state index contributed by atoms with van der Waals surface area (Å²) in [6.45, 7) is 0.730. The van der Waals surface area contributed by atoms with Gasteiger partial charge in [0.2, 0.25) is 5.91 Å². The van der Waals surface area contributed by atoms with Gasteiger partial charge in [0.15, 0.2) is 0 Å². The fourth-order valence-corrected chi connectivity index (χ4v) is 6.36. The monoisotopic (exact) mass is 440 g/mol. The number of nitrogens with zero attached hydrogens (tertiary/aromatic N) is 1. The molecule has 5 nitrogen and oxygen atoms in total. The Hall–Kier alpha value is -2.48. The lowest BCUT2D eigenvalue weighted by Gasteiger charge is -2.30. The Labute approximate surface area is 181 Å². The van der Waals surface area contributed by atoms with Crippen molar-refractivity contribution in [2.75, 3.05) is 18.4 Å². The highest BCUT2D eigenvalue weighted by molar-refractivity contribution is 7.91. The highest BCUT2D eigenvalue weighted by Gasteiger charge is 2.32. The van der Waals surface area contributed by atoms with Gasteiger partial charge in [0.05, 0.1) is 0 Å². The first-order valence-corrected chi connectivity index (χ1v) is 12.3. The molecule has 0 saturated carbocycles. The van der Waals surface area contributed by atoms with E-state index in [1.165, 1.54) is 21.2 Å². The number of rotatable bonds is 6. The van der Waals surface area contributed by atoms with Crippen molar-refractivity contribution in [3.63, 3.8) is 0 Å². The first kappa shape index (κ1) is 20.8. The second kappa shape index (κ2) is 9.12. The molecule has 1 aromatic heterocycles. The minimum atomic E-state index is -3.45. The third-order valence-electron chi connectivity index (χ3n) is 5.43. The summed E-state index contributed by atoms with van der Waals surface area (Å²) in [5.74, 6) is -0.228. The molecule has 4 rings (SSSR count). The van der Waals surface area contributed by atoms with Crippen LogP contribution in [0.5, 0.6) is 0 Å². The quantitative estimate of drug-likeness (QED) is 0.619. The van der Waals surface area contributed by atoms with Crippen LogP contribution in [0, 0.1) is 5.92 Å². The van der Waals surface area contributed by atoms with Gasteiger partial charge in [0.25, 0.3) is 10.0 Å². The largest absolute Gasteiger partial charge is 0.326 e. The Morgan fingerprint density at radius 2 is 1.67 bits per heavy atom. The van der Waals surface area contributed by atoms with Crippen LogP contribution < -0.4 is 5.32 Å². The molecule has 0 unspecified atom stereocenters. The number of amides is 1. The van der Waals surface area contributed by atoms with Gasteiger partial charge >= 0.3 is 0 Å². The summed E-state index contributed by atoms with van der Waals surface area (Å²) in [5.41, 5.74) is 3.07. The zero-order valence-corrected chi connectivity index (χ0v) is 18.2. The molecule has 0 bridgehead atoms. The second-order valence-corrected chi connectivity index (χ2v) is 10.5. The predicted octanol–water partition coefficient (Wildman–Crippen LogP) is 4.38. The first-order chi connectivity index (χ1) is 14.5. The molecule has 7 heteroatoms. The molecule has 1 aliphatic heterocycles. The van der Waals surface area contributed by atoms with Crippen molar-refractivity contribution in [3.05, 3.63) is 83.2 Å². The van der Waals surface area contributed by atoms with Crippen molar-refractivity contribution >= 4 is 33.0 Å². The molecule has 0 atom stereocenters. The molecule has 2 heterocycles. The molecule has 1 N–H and O–H groups in total. The molecule has 1 aliphatic rings. The molecule has 0 aliphatic carbocycles. The fourth-order valence-electron chi connectivity index (χ4n) is 3.74. The smallest absolute Gasteiger partial charge is 0.252 e. The summed E-state index contributed by atoms with van der Waals surface area (Å²) in [5, 5.41) is 4.84. The molecular weight excluding hydrogens is 416 g/mol. The average molecular weight is 441 g/mol. The van der Waals surface area contributed by atoms with E-state index in [4.69, 9.17) is 0 Å². The highest BCUT2D eigenvalue weighted by Crippen LogP contribution is 2.27. The van der Waals surface area contributed by atoms with Crippen molar-refractivity contribution in [1.82, 2.24) is 4.31 Å². The van der Waals surface area contributed by atoms with E-state index < -0.39 is 10.0 Å². The van der Waals surface area contributed by atoms with Crippen molar-refractivity contribution in [1.29, 1.82) is 0 Å². The van der Waals surface area contributed by atoms with E-state index in [9.17, 15) is 13.2 Å². The number of hydrogen-bond donors (Lipinski definition) is 1. The summed E-state index contributed by atoms with van der Waals surface area (Å²) >= 11 is 1.23. The molecule has 1 fully saturated rings. The Kier molecular flexibility index (Phi) is 6.32. The van der Waals surface area contributed by atoms with E-state index >= 15 is 0 Å². The number of carbonyl (C=O) groups excluding carboxylic acids is 1. The molecule has 1 amide bonds. The third kappa shape index (κ3) is 4.64. The zero-order chi connectivity index (χ0) is 21.0. The van der Waals surface area contributed by atoms with Crippen molar-refractivity contribution in [2.24, 2.45) is 5.92 Å². The van der Waals surface area contributed by atoms with Crippen LogP contribution in [-0.2, 0) is 21.2 Å². The fraction of sp³-hybridized carbons (Fsp3) is 0.261. The molecule has 0 radical (unpaired) electrons. The van der Waals surface area contributed by atoms with Crippen LogP contribution in [0.1, 0.15) is 24.0 Å². The lowest BCUT2D eigenvalue weighted by atomic mass is 9.96. The van der Waals surface area contributed by atoms with Gasteiger partial charge in [-0.25, -0.2) is 8.42 Å². The zero-order valence-electron chi connectivity index (χ0n) is 16.5. The molecule has 30 heavy (non-hydrogen) atoms. The van der Waals surface area contributed by atoms with Crippen LogP contribution in [0.25, 0.3) is 0 Å². The van der Waals surface area contributed by atoms with E-state index in [2.05, 4.69) is 17.4 Å². The number of piperidine rings is 1. The van der Waals surface area contributed by atoms with Gasteiger partial charge in [-0.05, 0) is 47.9 Å². The summed E-state index contributed by atoms with van der Waals surface area (Å²) in [4.78, 5) is 12.9. The molecule has 0 spiro atoms. The van der Waals surface area contributed by atoms with E-state index in [-0.39, 0.29) is 11.8 Å². The van der Waals surface area contributed by atoms with Gasteiger partial charge in [0.1, 0.15) is 4.21 Å². The maximum absolute atomic E-state index is 12.9. The Morgan fingerprint density at radius 3 is 2.37 bits per heavy atom. The van der Waals surface area contributed by atoms with E-state index in [0.717, 1.165) is 17.7 Å². The number of benzene rings is 2. The first-order valence-electron chi connectivity index (χ1n) is 10.0. The lowest BCUT2D eigenvalue weighted by molar-refractivity contribution is -0.120. The maximum Gasteiger partial charge on any atom is 0.252 e. The molecule has 3 aromatic rings. The van der Waals surface area contributed by atoms with Crippen LogP contribution >= 0.6 is 11.3 Å². The molecule has 156 valence electrons. The minimum Gasteiger partial charge on any atom is -0.326 e. The number of anilines is 1. The van der Waals surface area contributed by atoms with Crippen molar-refractivity contribution < 1.29 is 13.2 Å². The van der Waals surface area contributed by atoms with Crippen molar-refractivity contribution in [3.8, 4) is 0 Å². The Bertz CT molecular complexity index is 1090. The summed E-state index contributed by atoms with van der Waals surface area (Å²) in [7, 11) is -3.45. The lowest BCUT2D eigenvalue weighted by Crippen LogP contribution is -2.41. The van der Waals surface area contributed by atoms with Gasteiger partial charge < -0.3 is 5.32 Å². The van der Waals surface area contributed by atoms with Crippen LogP contribution in [0.2, 0.25) is 0 Å². The van der Waals surface area contributed by atoms with Gasteiger partial charge in [-0.2, -0.15) is 4.31 Å². The average Bonchev–Trinajstić information content (AvgIpc) is 3.32. The molecule has 1 saturated heterocycles. The van der Waals surface area contributed by atoms with Crippen LogP contribution in [-0.4, -0.2) is 31.7 Å². The van der Waals surface area contributed by atoms with Crippen LogP contribution in [0.15, 0.2) is 76.3 Å². The number of hydrogen-bond acceptors (Lipinski definition) is 4. The summed E-state index contributed by atoms with van der Waals surface area (Å²) < 4.78 is 27.2. The number of carbonyl (C=O) groups is 1.